The molecular formula is C17H16FN3. The van der Waals surface area contributed by atoms with Gasteiger partial charge in [0.1, 0.15) is 5.82 Å². The maximum Gasteiger partial charge on any atom is 0.127 e. The summed E-state index contributed by atoms with van der Waals surface area (Å²) in [7, 11) is 0. The number of para-hydroxylation sites is 1. The number of halogens is 1. The quantitative estimate of drug-likeness (QED) is 0.777. The Morgan fingerprint density at radius 2 is 1.62 bits per heavy atom. The van der Waals surface area contributed by atoms with E-state index in [4.69, 9.17) is 0 Å². The van der Waals surface area contributed by atoms with Crippen LogP contribution in [0.3, 0.4) is 0 Å². The Bertz CT molecular complexity index is 708. The predicted octanol–water partition coefficient (Wildman–Crippen LogP) is 3.30. The van der Waals surface area contributed by atoms with E-state index in [1.54, 1.807) is 18.3 Å². The first-order valence-corrected chi connectivity index (χ1v) is 6.86. The highest BCUT2D eigenvalue weighted by molar-refractivity contribution is 5.40. The Morgan fingerprint density at radius 3 is 2.38 bits per heavy atom. The molecule has 0 amide bonds. The molecule has 0 bridgehead atoms. The van der Waals surface area contributed by atoms with Gasteiger partial charge in [0.2, 0.25) is 0 Å². The minimum Gasteiger partial charge on any atom is -0.308 e. The van der Waals surface area contributed by atoms with Crippen LogP contribution in [0.2, 0.25) is 0 Å². The molecule has 1 N–H and O–H groups in total. The number of hydrogen-bond donors (Lipinski definition) is 1. The molecule has 1 heterocycles. The van der Waals surface area contributed by atoms with Crippen molar-refractivity contribution in [3.63, 3.8) is 0 Å². The average Bonchev–Trinajstić information content (AvgIpc) is 3.04. The molecule has 0 aliphatic heterocycles. The van der Waals surface area contributed by atoms with Crippen LogP contribution < -0.4 is 5.32 Å². The molecule has 2 aromatic carbocycles. The summed E-state index contributed by atoms with van der Waals surface area (Å²) in [6.07, 6.45) is 3.67. The summed E-state index contributed by atoms with van der Waals surface area (Å²) in [5.41, 5.74) is 2.83. The van der Waals surface area contributed by atoms with E-state index >= 15 is 0 Å². The van der Waals surface area contributed by atoms with Crippen molar-refractivity contribution in [1.29, 1.82) is 0 Å². The van der Waals surface area contributed by atoms with Crippen molar-refractivity contribution in [2.45, 2.75) is 13.1 Å². The second-order valence-electron chi connectivity index (χ2n) is 4.77. The van der Waals surface area contributed by atoms with Crippen molar-refractivity contribution in [2.75, 3.05) is 0 Å². The van der Waals surface area contributed by atoms with Crippen LogP contribution in [-0.2, 0) is 13.1 Å². The molecule has 0 aliphatic carbocycles. The van der Waals surface area contributed by atoms with E-state index in [0.717, 1.165) is 11.3 Å². The molecule has 3 aromatic rings. The molecule has 3 nitrogen and oxygen atoms in total. The third kappa shape index (κ3) is 3.17. The predicted molar refractivity (Wildman–Crippen MR) is 80.5 cm³/mol. The van der Waals surface area contributed by atoms with E-state index in [-0.39, 0.29) is 5.82 Å². The zero-order chi connectivity index (χ0) is 14.5. The fourth-order valence-corrected chi connectivity index (χ4v) is 2.27. The first-order chi connectivity index (χ1) is 10.3. The van der Waals surface area contributed by atoms with E-state index in [0.29, 0.717) is 18.7 Å². The SMILES string of the molecule is Fc1ccccc1CNCc1ccccc1-n1cccn1. The average molecular weight is 281 g/mol. The van der Waals surface area contributed by atoms with Gasteiger partial charge in [0.05, 0.1) is 5.69 Å². The van der Waals surface area contributed by atoms with Gasteiger partial charge in [-0.05, 0) is 23.8 Å². The molecule has 21 heavy (non-hydrogen) atoms. The zero-order valence-corrected chi connectivity index (χ0v) is 11.5. The second-order valence-corrected chi connectivity index (χ2v) is 4.77. The normalized spacial score (nSPS) is 10.7. The minimum atomic E-state index is -0.176. The Kier molecular flexibility index (Phi) is 4.07. The topological polar surface area (TPSA) is 29.9 Å². The first-order valence-electron chi connectivity index (χ1n) is 6.86. The summed E-state index contributed by atoms with van der Waals surface area (Å²) < 4.78 is 15.4. The van der Waals surface area contributed by atoms with Gasteiger partial charge in [-0.15, -0.1) is 0 Å². The molecule has 1 aromatic heterocycles. The van der Waals surface area contributed by atoms with Crippen LogP contribution in [0, 0.1) is 5.82 Å². The lowest BCUT2D eigenvalue weighted by molar-refractivity contribution is 0.587. The number of hydrogen-bond acceptors (Lipinski definition) is 2. The van der Waals surface area contributed by atoms with Crippen LogP contribution in [0.5, 0.6) is 0 Å². The van der Waals surface area contributed by atoms with Crippen LogP contribution in [-0.4, -0.2) is 9.78 Å². The molecule has 0 aliphatic rings. The van der Waals surface area contributed by atoms with Crippen molar-refractivity contribution in [1.82, 2.24) is 15.1 Å². The van der Waals surface area contributed by atoms with E-state index in [9.17, 15) is 4.39 Å². The van der Waals surface area contributed by atoms with Crippen molar-refractivity contribution in [3.05, 3.63) is 83.9 Å². The largest absolute Gasteiger partial charge is 0.308 e. The third-order valence-corrected chi connectivity index (χ3v) is 3.33. The maximum atomic E-state index is 13.6. The minimum absolute atomic E-state index is 0.176. The van der Waals surface area contributed by atoms with Crippen molar-refractivity contribution >= 4 is 0 Å². The standard InChI is InChI=1S/C17H16FN3/c18-16-8-3-1-6-14(16)12-19-13-15-7-2-4-9-17(15)21-11-5-10-20-21/h1-11,19H,12-13H2. The molecule has 3 rings (SSSR count). The van der Waals surface area contributed by atoms with Crippen molar-refractivity contribution in [3.8, 4) is 5.69 Å². The number of nitrogens with zero attached hydrogens (tertiary/aromatic N) is 2. The Morgan fingerprint density at radius 1 is 0.905 bits per heavy atom. The van der Waals surface area contributed by atoms with Gasteiger partial charge in [0.15, 0.2) is 0 Å². The molecule has 0 fully saturated rings. The van der Waals surface area contributed by atoms with E-state index in [1.165, 1.54) is 6.07 Å². The molecule has 0 atom stereocenters. The lowest BCUT2D eigenvalue weighted by Crippen LogP contribution is -2.15. The maximum absolute atomic E-state index is 13.6. The van der Waals surface area contributed by atoms with Crippen LogP contribution in [0.4, 0.5) is 4.39 Å². The van der Waals surface area contributed by atoms with Gasteiger partial charge in [0, 0.05) is 31.0 Å². The molecule has 0 spiro atoms. The van der Waals surface area contributed by atoms with Crippen LogP contribution in [0.25, 0.3) is 5.69 Å². The van der Waals surface area contributed by atoms with Gasteiger partial charge < -0.3 is 5.32 Å². The zero-order valence-electron chi connectivity index (χ0n) is 11.5. The molecule has 106 valence electrons. The fourth-order valence-electron chi connectivity index (χ4n) is 2.27. The van der Waals surface area contributed by atoms with Gasteiger partial charge in [-0.1, -0.05) is 36.4 Å². The Labute approximate surface area is 123 Å². The summed E-state index contributed by atoms with van der Waals surface area (Å²) in [5.74, 6) is -0.176. The van der Waals surface area contributed by atoms with Crippen LogP contribution >= 0.6 is 0 Å². The van der Waals surface area contributed by atoms with E-state index < -0.39 is 0 Å². The highest BCUT2D eigenvalue weighted by Gasteiger charge is 2.05. The van der Waals surface area contributed by atoms with Gasteiger partial charge in [-0.25, -0.2) is 9.07 Å². The van der Waals surface area contributed by atoms with Crippen LogP contribution in [0.1, 0.15) is 11.1 Å². The number of rotatable bonds is 5. The van der Waals surface area contributed by atoms with Crippen molar-refractivity contribution in [2.24, 2.45) is 0 Å². The fraction of sp³-hybridized carbons (Fsp3) is 0.118. The molecule has 0 unspecified atom stereocenters. The third-order valence-electron chi connectivity index (χ3n) is 3.33. The number of nitrogens with one attached hydrogen (secondary N) is 1. The Balaban J connectivity index is 1.70. The highest BCUT2D eigenvalue weighted by atomic mass is 19.1. The molecule has 0 saturated carbocycles. The number of benzene rings is 2. The molecule has 4 heteroatoms. The molecule has 0 radical (unpaired) electrons. The first kappa shape index (κ1) is 13.5. The van der Waals surface area contributed by atoms with Gasteiger partial charge in [-0.2, -0.15) is 5.10 Å². The highest BCUT2D eigenvalue weighted by Crippen LogP contribution is 2.13. The second kappa shape index (κ2) is 6.33. The lowest BCUT2D eigenvalue weighted by Gasteiger charge is -2.11. The summed E-state index contributed by atoms with van der Waals surface area (Å²) in [6, 6.07) is 16.8. The van der Waals surface area contributed by atoms with E-state index in [1.807, 2.05) is 47.3 Å². The summed E-state index contributed by atoms with van der Waals surface area (Å²) in [5, 5.41) is 7.54. The van der Waals surface area contributed by atoms with Crippen molar-refractivity contribution < 1.29 is 4.39 Å². The molecular weight excluding hydrogens is 265 g/mol. The Hall–Kier alpha value is -2.46. The van der Waals surface area contributed by atoms with E-state index in [2.05, 4.69) is 10.4 Å². The smallest absolute Gasteiger partial charge is 0.127 e. The summed E-state index contributed by atoms with van der Waals surface area (Å²) >= 11 is 0. The summed E-state index contributed by atoms with van der Waals surface area (Å²) in [6.45, 7) is 1.16. The molecule has 0 saturated heterocycles. The van der Waals surface area contributed by atoms with Crippen LogP contribution in [0.15, 0.2) is 67.0 Å². The van der Waals surface area contributed by atoms with Gasteiger partial charge in [-0.3, -0.25) is 0 Å². The van der Waals surface area contributed by atoms with Gasteiger partial charge >= 0.3 is 0 Å². The monoisotopic (exact) mass is 281 g/mol. The number of aromatic nitrogens is 2. The lowest BCUT2D eigenvalue weighted by atomic mass is 10.1. The van der Waals surface area contributed by atoms with Gasteiger partial charge in [0.25, 0.3) is 0 Å². The summed E-state index contributed by atoms with van der Waals surface area (Å²) in [4.78, 5) is 0.